The molecule has 1 aromatic carbocycles. The molecule has 1 atom stereocenters. The Balaban J connectivity index is 2.49. The molecule has 0 aliphatic carbocycles. The van der Waals surface area contributed by atoms with Gasteiger partial charge in [-0.05, 0) is 23.2 Å². The van der Waals surface area contributed by atoms with Gasteiger partial charge in [0.1, 0.15) is 5.75 Å². The van der Waals surface area contributed by atoms with E-state index in [1.54, 1.807) is 12.1 Å². The third-order valence-corrected chi connectivity index (χ3v) is 1.76. The maximum Gasteiger partial charge on any atom is 0.119 e. The maximum absolute atomic E-state index is 8.30. The molecule has 1 rings (SSSR count). The molecule has 0 amide bonds. The summed E-state index contributed by atoms with van der Waals surface area (Å²) in [5.74, 6) is 0.682. The largest absolute Gasteiger partial charge is 0.493 e. The van der Waals surface area contributed by atoms with Crippen molar-refractivity contribution in [1.29, 1.82) is 0 Å². The highest BCUT2D eigenvalue weighted by Crippen LogP contribution is 2.09. The first-order chi connectivity index (χ1) is 7.86. The van der Waals surface area contributed by atoms with Crippen LogP contribution in [0.3, 0.4) is 0 Å². The molecule has 0 saturated heterocycles. The zero-order valence-electron chi connectivity index (χ0n) is 8.47. The summed E-state index contributed by atoms with van der Waals surface area (Å²) in [6, 6.07) is 8.65. The molecule has 82 valence electrons. The Bertz CT molecular complexity index is 407. The van der Waals surface area contributed by atoms with Gasteiger partial charge in [-0.15, -0.1) is 0 Å². The third-order valence-electron chi connectivity index (χ3n) is 1.76. The molecule has 7 nitrogen and oxygen atoms in total. The molecule has 0 saturated carbocycles. The topological polar surface area (TPSA) is 107 Å². The number of nitrogens with zero attached hydrogens (tertiary/aromatic N) is 6. The van der Waals surface area contributed by atoms with E-state index in [-0.39, 0.29) is 13.2 Å². The van der Waals surface area contributed by atoms with Crippen molar-refractivity contribution < 1.29 is 4.74 Å². The van der Waals surface area contributed by atoms with Crippen LogP contribution in [0.25, 0.3) is 20.9 Å². The van der Waals surface area contributed by atoms with Crippen LogP contribution in [0.5, 0.6) is 5.75 Å². The molecular weight excluding hydrogens is 208 g/mol. The highest BCUT2D eigenvalue weighted by Gasteiger charge is 2.05. The molecule has 0 aliphatic heterocycles. The van der Waals surface area contributed by atoms with E-state index in [2.05, 4.69) is 20.1 Å². The second-order valence-electron chi connectivity index (χ2n) is 2.90. The molecule has 1 aromatic rings. The van der Waals surface area contributed by atoms with Gasteiger partial charge >= 0.3 is 0 Å². The van der Waals surface area contributed by atoms with Gasteiger partial charge in [0.15, 0.2) is 0 Å². The zero-order valence-corrected chi connectivity index (χ0v) is 8.47. The fourth-order valence-corrected chi connectivity index (χ4v) is 1.04. The standard InChI is InChI=1S/C9H10N6O/c10-14-12-6-8(13-15-11)7-16-9-4-2-1-3-5-9/h1-5,8H,6-7H2. The van der Waals surface area contributed by atoms with Crippen LogP contribution in [0.1, 0.15) is 0 Å². The van der Waals surface area contributed by atoms with E-state index in [1.165, 1.54) is 0 Å². The Hall–Kier alpha value is -2.36. The summed E-state index contributed by atoms with van der Waals surface area (Å²) in [6.07, 6.45) is 0. The van der Waals surface area contributed by atoms with Crippen LogP contribution < -0.4 is 4.74 Å². The van der Waals surface area contributed by atoms with Gasteiger partial charge < -0.3 is 4.74 Å². The van der Waals surface area contributed by atoms with Crippen molar-refractivity contribution in [3.8, 4) is 5.75 Å². The van der Waals surface area contributed by atoms with E-state index in [0.29, 0.717) is 5.75 Å². The molecule has 0 aromatic heterocycles. The Morgan fingerprint density at radius 3 is 2.56 bits per heavy atom. The Morgan fingerprint density at radius 1 is 1.19 bits per heavy atom. The Morgan fingerprint density at radius 2 is 1.94 bits per heavy atom. The predicted octanol–water partition coefficient (Wildman–Crippen LogP) is 3.05. The van der Waals surface area contributed by atoms with Gasteiger partial charge in [0, 0.05) is 16.4 Å². The second-order valence-corrected chi connectivity index (χ2v) is 2.90. The van der Waals surface area contributed by atoms with Crippen LogP contribution >= 0.6 is 0 Å². The molecule has 0 radical (unpaired) electrons. The van der Waals surface area contributed by atoms with Crippen LogP contribution in [0.15, 0.2) is 40.6 Å². The summed E-state index contributed by atoms with van der Waals surface area (Å²) >= 11 is 0. The van der Waals surface area contributed by atoms with E-state index in [0.717, 1.165) is 0 Å². The molecule has 0 fully saturated rings. The van der Waals surface area contributed by atoms with Crippen LogP contribution in [-0.4, -0.2) is 19.2 Å². The SMILES string of the molecule is [N-]=[N+]=NCC(COc1ccccc1)N=[N+]=[N-]. The highest BCUT2D eigenvalue weighted by atomic mass is 16.5. The number of azide groups is 2. The number of ether oxygens (including phenoxy) is 1. The van der Waals surface area contributed by atoms with Crippen LogP contribution in [0.4, 0.5) is 0 Å². The second kappa shape index (κ2) is 7.00. The van der Waals surface area contributed by atoms with Gasteiger partial charge in [-0.25, -0.2) is 0 Å². The van der Waals surface area contributed by atoms with Gasteiger partial charge in [-0.3, -0.25) is 0 Å². The van der Waals surface area contributed by atoms with Gasteiger partial charge in [0.2, 0.25) is 0 Å². The molecule has 0 N–H and O–H groups in total. The van der Waals surface area contributed by atoms with Crippen molar-refractivity contribution in [2.75, 3.05) is 13.2 Å². The average molecular weight is 218 g/mol. The number of benzene rings is 1. The zero-order chi connectivity index (χ0) is 11.6. The monoisotopic (exact) mass is 218 g/mol. The number of para-hydroxylation sites is 1. The van der Waals surface area contributed by atoms with Gasteiger partial charge in [-0.2, -0.15) is 0 Å². The minimum Gasteiger partial charge on any atom is -0.493 e. The highest BCUT2D eigenvalue weighted by molar-refractivity contribution is 5.20. The van der Waals surface area contributed by atoms with Crippen LogP contribution in [0.2, 0.25) is 0 Å². The van der Waals surface area contributed by atoms with Gasteiger partial charge in [-0.1, -0.05) is 28.4 Å². The molecule has 7 heteroatoms. The normalized spacial score (nSPS) is 10.8. The number of hydrogen-bond donors (Lipinski definition) is 0. The van der Waals surface area contributed by atoms with E-state index >= 15 is 0 Å². The van der Waals surface area contributed by atoms with Crippen molar-refractivity contribution >= 4 is 0 Å². The minimum atomic E-state index is -0.485. The van der Waals surface area contributed by atoms with Crippen molar-refractivity contribution in [3.63, 3.8) is 0 Å². The lowest BCUT2D eigenvalue weighted by molar-refractivity contribution is 0.291. The maximum atomic E-state index is 8.30. The molecule has 0 bridgehead atoms. The van der Waals surface area contributed by atoms with Crippen molar-refractivity contribution in [2.24, 2.45) is 10.2 Å². The lowest BCUT2D eigenvalue weighted by Crippen LogP contribution is -2.18. The van der Waals surface area contributed by atoms with Gasteiger partial charge in [0.05, 0.1) is 12.6 Å². The first kappa shape index (κ1) is 11.7. The summed E-state index contributed by atoms with van der Waals surface area (Å²) in [5.41, 5.74) is 16.5. The third kappa shape index (κ3) is 4.23. The Labute approximate surface area is 91.9 Å². The first-order valence-corrected chi connectivity index (χ1v) is 4.59. The Kier molecular flexibility index (Phi) is 5.13. The number of hydrogen-bond acceptors (Lipinski definition) is 3. The van der Waals surface area contributed by atoms with E-state index in [1.807, 2.05) is 18.2 Å². The van der Waals surface area contributed by atoms with E-state index in [4.69, 9.17) is 15.8 Å². The summed E-state index contributed by atoms with van der Waals surface area (Å²) < 4.78 is 5.37. The van der Waals surface area contributed by atoms with Crippen LogP contribution in [-0.2, 0) is 0 Å². The molecule has 0 spiro atoms. The molecule has 16 heavy (non-hydrogen) atoms. The van der Waals surface area contributed by atoms with Crippen molar-refractivity contribution in [3.05, 3.63) is 51.2 Å². The predicted molar refractivity (Wildman–Crippen MR) is 58.9 cm³/mol. The molecule has 0 aliphatic rings. The number of rotatable bonds is 6. The van der Waals surface area contributed by atoms with Gasteiger partial charge in [0.25, 0.3) is 0 Å². The fourth-order valence-electron chi connectivity index (χ4n) is 1.04. The fraction of sp³-hybridized carbons (Fsp3) is 0.333. The average Bonchev–Trinajstić information content (AvgIpc) is 2.34. The lowest BCUT2D eigenvalue weighted by Gasteiger charge is -2.09. The summed E-state index contributed by atoms with van der Waals surface area (Å²) in [4.78, 5) is 5.26. The molecule has 0 heterocycles. The summed E-state index contributed by atoms with van der Waals surface area (Å²) in [7, 11) is 0. The van der Waals surface area contributed by atoms with Crippen molar-refractivity contribution in [2.45, 2.75) is 6.04 Å². The molecular formula is C9H10N6O. The van der Waals surface area contributed by atoms with E-state index < -0.39 is 6.04 Å². The first-order valence-electron chi connectivity index (χ1n) is 4.59. The summed E-state index contributed by atoms with van der Waals surface area (Å²) in [5, 5.41) is 6.81. The van der Waals surface area contributed by atoms with Crippen molar-refractivity contribution in [1.82, 2.24) is 0 Å². The lowest BCUT2D eigenvalue weighted by atomic mass is 10.3. The molecule has 1 unspecified atom stereocenters. The summed E-state index contributed by atoms with van der Waals surface area (Å²) in [6.45, 7) is 0.278. The smallest absolute Gasteiger partial charge is 0.119 e. The van der Waals surface area contributed by atoms with Crippen LogP contribution in [0, 0.1) is 0 Å². The van der Waals surface area contributed by atoms with E-state index in [9.17, 15) is 0 Å². The minimum absolute atomic E-state index is 0.0907. The quantitative estimate of drug-likeness (QED) is 0.408.